The minimum absolute atomic E-state index is 0.000681. The molecule has 9 heteroatoms. The van der Waals surface area contributed by atoms with Gasteiger partial charge in [0.2, 0.25) is 0 Å². The lowest BCUT2D eigenvalue weighted by atomic mass is 9.99. The van der Waals surface area contributed by atoms with Gasteiger partial charge in [-0.3, -0.25) is 14.7 Å². The molecule has 0 radical (unpaired) electrons. The summed E-state index contributed by atoms with van der Waals surface area (Å²) in [4.78, 5) is 24.3. The van der Waals surface area contributed by atoms with E-state index in [4.69, 9.17) is 14.2 Å². The minimum Gasteiger partial charge on any atom is -0.392 e. The third kappa shape index (κ3) is 6.51. The number of carbonyl (C=O) groups excluding carboxylic acids is 1. The molecular weight excluding hydrogens is 532 g/mol. The molecule has 4 atom stereocenters. The summed E-state index contributed by atoms with van der Waals surface area (Å²) in [6.45, 7) is 2.52. The first kappa shape index (κ1) is 28.4. The van der Waals surface area contributed by atoms with Crippen LogP contribution in [0.5, 0.6) is 0 Å². The first-order chi connectivity index (χ1) is 20.6. The molecule has 9 nitrogen and oxygen atoms in total. The van der Waals surface area contributed by atoms with E-state index in [1.165, 1.54) is 6.20 Å². The van der Waals surface area contributed by atoms with Gasteiger partial charge in [0, 0.05) is 37.4 Å². The molecule has 0 unspecified atom stereocenters. The first-order valence-electron chi connectivity index (χ1n) is 14.5. The first-order valence-corrected chi connectivity index (χ1v) is 14.5. The van der Waals surface area contributed by atoms with Gasteiger partial charge in [-0.1, -0.05) is 48.5 Å². The molecule has 2 aliphatic heterocycles. The number of hydrogen-bond donors (Lipinski definition) is 2. The summed E-state index contributed by atoms with van der Waals surface area (Å²) in [7, 11) is 1.75. The van der Waals surface area contributed by atoms with Crippen molar-refractivity contribution in [3.05, 3.63) is 101 Å². The Kier molecular flexibility index (Phi) is 8.83. The number of aliphatic hydroxyl groups is 1. The number of amides is 1. The summed E-state index contributed by atoms with van der Waals surface area (Å²) >= 11 is 0. The summed E-state index contributed by atoms with van der Waals surface area (Å²) in [5, 5.41) is 12.5. The van der Waals surface area contributed by atoms with Gasteiger partial charge in [-0.05, 0) is 54.8 Å². The summed E-state index contributed by atoms with van der Waals surface area (Å²) in [5.41, 5.74) is 4.97. The van der Waals surface area contributed by atoms with Crippen molar-refractivity contribution in [2.45, 2.75) is 50.4 Å². The number of carbonyl (C=O) groups is 1. The topological polar surface area (TPSA) is 106 Å². The van der Waals surface area contributed by atoms with Crippen molar-refractivity contribution >= 4 is 22.6 Å². The molecule has 2 N–H and O–H groups in total. The number of nitrogens with one attached hydrogen (secondary N) is 1. The van der Waals surface area contributed by atoms with Crippen LogP contribution >= 0.6 is 0 Å². The third-order valence-corrected chi connectivity index (χ3v) is 8.01. The largest absolute Gasteiger partial charge is 0.392 e. The molecule has 42 heavy (non-hydrogen) atoms. The molecule has 1 aromatic heterocycles. The molecule has 1 amide bonds. The summed E-state index contributed by atoms with van der Waals surface area (Å²) in [6, 6.07) is 23.3. The van der Waals surface area contributed by atoms with Crippen LogP contribution in [0.15, 0.2) is 79.0 Å². The summed E-state index contributed by atoms with van der Waals surface area (Å²) in [5.74, 6) is -0.339. The highest BCUT2D eigenvalue weighted by Gasteiger charge is 2.35. The van der Waals surface area contributed by atoms with E-state index in [2.05, 4.69) is 20.2 Å². The van der Waals surface area contributed by atoms with E-state index in [0.29, 0.717) is 30.3 Å². The monoisotopic (exact) mass is 568 g/mol. The Morgan fingerprint density at radius 3 is 2.69 bits per heavy atom. The van der Waals surface area contributed by atoms with Crippen molar-refractivity contribution in [3.63, 3.8) is 0 Å². The minimum atomic E-state index is -0.618. The molecule has 0 saturated carbocycles. The number of nitrogens with zero attached hydrogens (tertiary/aromatic N) is 3. The quantitative estimate of drug-likeness (QED) is 0.290. The Labute approximate surface area is 245 Å². The number of likely N-dealkylation sites (tertiary alicyclic amines) is 1. The van der Waals surface area contributed by atoms with Gasteiger partial charge < -0.3 is 24.6 Å². The second-order valence-corrected chi connectivity index (χ2v) is 10.9. The van der Waals surface area contributed by atoms with E-state index in [1.807, 2.05) is 72.8 Å². The standard InChI is InChI=1S/C33H36N4O5/c1-40-21-26-8-5-15-37(26)19-27-17-31(23-13-11-22(20-38)12-14-23)42-33(41-27)24-6-4-7-25(16-24)35-32(39)30-18-34-28-9-2-3-10-29(28)36-30/h2-4,6-7,9-14,16,18,26-27,31,33,38H,5,8,15,17,19-21H2,1H3,(H,35,39)/t26-,27-,31+,33+/m0/s1. The molecule has 0 aliphatic carbocycles. The van der Waals surface area contributed by atoms with Crippen molar-refractivity contribution in [1.82, 2.24) is 14.9 Å². The number of aromatic nitrogens is 2. The van der Waals surface area contributed by atoms with Crippen LogP contribution in [0.3, 0.4) is 0 Å². The van der Waals surface area contributed by atoms with E-state index < -0.39 is 6.29 Å². The van der Waals surface area contributed by atoms with E-state index in [0.717, 1.165) is 48.1 Å². The fourth-order valence-corrected chi connectivity index (χ4v) is 5.84. The molecule has 4 aromatic rings. The van der Waals surface area contributed by atoms with E-state index in [9.17, 15) is 9.90 Å². The van der Waals surface area contributed by atoms with Gasteiger partial charge in [-0.2, -0.15) is 0 Å². The number of fused-ring (bicyclic) bond motifs is 1. The van der Waals surface area contributed by atoms with E-state index in [-0.39, 0.29) is 30.4 Å². The van der Waals surface area contributed by atoms with Gasteiger partial charge in [-0.15, -0.1) is 0 Å². The molecule has 218 valence electrons. The molecule has 6 rings (SSSR count). The second-order valence-electron chi connectivity index (χ2n) is 10.9. The van der Waals surface area contributed by atoms with Crippen LogP contribution in [0.1, 0.15) is 58.8 Å². The van der Waals surface area contributed by atoms with Crippen molar-refractivity contribution in [1.29, 1.82) is 0 Å². The van der Waals surface area contributed by atoms with Crippen LogP contribution in [-0.2, 0) is 20.8 Å². The van der Waals surface area contributed by atoms with Gasteiger partial charge in [0.25, 0.3) is 5.91 Å². The summed E-state index contributed by atoms with van der Waals surface area (Å²) < 4.78 is 18.6. The molecule has 2 fully saturated rings. The lowest BCUT2D eigenvalue weighted by Crippen LogP contribution is -2.42. The van der Waals surface area contributed by atoms with Crippen LogP contribution in [0.25, 0.3) is 11.0 Å². The maximum absolute atomic E-state index is 13.1. The smallest absolute Gasteiger partial charge is 0.275 e. The predicted molar refractivity (Wildman–Crippen MR) is 159 cm³/mol. The van der Waals surface area contributed by atoms with Crippen molar-refractivity contribution in [3.8, 4) is 0 Å². The Morgan fingerprint density at radius 1 is 1.05 bits per heavy atom. The van der Waals surface area contributed by atoms with Crippen LogP contribution < -0.4 is 5.32 Å². The zero-order valence-electron chi connectivity index (χ0n) is 23.7. The molecule has 2 aliphatic rings. The van der Waals surface area contributed by atoms with Gasteiger partial charge in [0.05, 0.1) is 42.7 Å². The number of anilines is 1. The molecule has 0 bridgehead atoms. The molecule has 2 saturated heterocycles. The van der Waals surface area contributed by atoms with Crippen molar-refractivity contribution in [2.24, 2.45) is 0 Å². The maximum atomic E-state index is 13.1. The number of ether oxygens (including phenoxy) is 3. The normalized spacial score (nSPS) is 22.8. The Bertz CT molecular complexity index is 1510. The van der Waals surface area contributed by atoms with Gasteiger partial charge in [-0.25, -0.2) is 4.98 Å². The van der Waals surface area contributed by atoms with Crippen LogP contribution in [0.2, 0.25) is 0 Å². The zero-order chi connectivity index (χ0) is 28.9. The second kappa shape index (κ2) is 13.1. The van der Waals surface area contributed by atoms with Crippen LogP contribution in [0, 0.1) is 0 Å². The Hall–Kier alpha value is -3.73. The van der Waals surface area contributed by atoms with Gasteiger partial charge in [0.1, 0.15) is 5.69 Å². The lowest BCUT2D eigenvalue weighted by molar-refractivity contribution is -0.253. The van der Waals surface area contributed by atoms with Crippen LogP contribution in [0.4, 0.5) is 5.69 Å². The fraction of sp³-hybridized carbons (Fsp3) is 0.364. The Balaban J connectivity index is 1.21. The molecule has 3 heterocycles. The van der Waals surface area contributed by atoms with Crippen molar-refractivity contribution in [2.75, 3.05) is 32.1 Å². The predicted octanol–water partition coefficient (Wildman–Crippen LogP) is 5.03. The van der Waals surface area contributed by atoms with Crippen molar-refractivity contribution < 1.29 is 24.1 Å². The van der Waals surface area contributed by atoms with Gasteiger partial charge in [0.15, 0.2) is 6.29 Å². The highest BCUT2D eigenvalue weighted by Crippen LogP contribution is 2.39. The van der Waals surface area contributed by atoms with E-state index in [1.54, 1.807) is 7.11 Å². The highest BCUT2D eigenvalue weighted by molar-refractivity contribution is 6.03. The average Bonchev–Trinajstić information content (AvgIpc) is 3.47. The Morgan fingerprint density at radius 2 is 1.88 bits per heavy atom. The number of aliphatic hydroxyl groups excluding tert-OH is 1. The summed E-state index contributed by atoms with van der Waals surface area (Å²) in [6.07, 6.45) is 3.60. The number of para-hydroxylation sites is 2. The number of rotatable bonds is 9. The third-order valence-electron chi connectivity index (χ3n) is 8.01. The average molecular weight is 569 g/mol. The molecular formula is C33H36N4O5. The molecule has 0 spiro atoms. The van der Waals surface area contributed by atoms with Gasteiger partial charge >= 0.3 is 0 Å². The molecule has 3 aromatic carbocycles. The lowest BCUT2D eigenvalue weighted by Gasteiger charge is -2.39. The van der Waals surface area contributed by atoms with Crippen LogP contribution in [-0.4, -0.2) is 64.8 Å². The van der Waals surface area contributed by atoms with E-state index >= 15 is 0 Å². The SMILES string of the molecule is COC[C@@H]1CCCN1C[C@@H]1C[C@H](c2ccc(CO)cc2)O[C@H](c2cccc(NC(=O)c3cnc4ccccc4n3)c2)O1. The highest BCUT2D eigenvalue weighted by atomic mass is 16.7. The maximum Gasteiger partial charge on any atom is 0.275 e. The fourth-order valence-electron chi connectivity index (χ4n) is 5.84. The number of benzene rings is 3. The number of methoxy groups -OCH3 is 1. The zero-order valence-corrected chi connectivity index (χ0v) is 23.7. The number of hydrogen-bond acceptors (Lipinski definition) is 8.